The molecule has 0 bridgehead atoms. The Kier molecular flexibility index (Phi) is 9.88. The van der Waals surface area contributed by atoms with E-state index in [1.54, 1.807) is 0 Å². The topological polar surface area (TPSA) is 29.1 Å². The number of piperidine rings is 1. The zero-order valence-corrected chi connectivity index (χ0v) is 18.7. The number of hydrogen-bond acceptors (Lipinski definition) is 1. The number of quaternary nitrogens is 1. The van der Waals surface area contributed by atoms with Gasteiger partial charge in [0.25, 0.3) is 5.91 Å². The van der Waals surface area contributed by atoms with Gasteiger partial charge in [0.05, 0.1) is 19.6 Å². The molecule has 1 aliphatic heterocycles. The summed E-state index contributed by atoms with van der Waals surface area (Å²) in [4.78, 5) is 13.3. The fourth-order valence-electron chi connectivity index (χ4n) is 4.39. The number of aryl methyl sites for hydroxylation is 2. The molecule has 1 amide bonds. The van der Waals surface area contributed by atoms with E-state index in [4.69, 9.17) is 0 Å². The lowest BCUT2D eigenvalue weighted by Crippen LogP contribution is -3.00. The Balaban J connectivity index is 0.00000338. The molecular formula is C22H37BrN2O. The molecule has 1 N–H and O–H groups in total. The van der Waals surface area contributed by atoms with Gasteiger partial charge in [0, 0.05) is 12.1 Å². The summed E-state index contributed by atoms with van der Waals surface area (Å²) in [6, 6.07) is 6.34. The lowest BCUT2D eigenvalue weighted by Gasteiger charge is -2.47. The number of nitrogens with one attached hydrogen (secondary N) is 1. The average molecular weight is 425 g/mol. The molecule has 1 unspecified atom stereocenters. The van der Waals surface area contributed by atoms with Crippen molar-refractivity contribution in [2.75, 3.05) is 25.0 Å². The van der Waals surface area contributed by atoms with Crippen LogP contribution in [0.25, 0.3) is 0 Å². The number of rotatable bonds is 8. The molecule has 148 valence electrons. The van der Waals surface area contributed by atoms with Crippen molar-refractivity contribution < 1.29 is 26.3 Å². The number of carbonyl (C=O) groups excluding carboxylic acids is 1. The number of likely N-dealkylation sites (tertiary alicyclic amines) is 1. The summed E-state index contributed by atoms with van der Waals surface area (Å²) in [6.07, 6.45) is 8.33. The molecule has 26 heavy (non-hydrogen) atoms. The van der Waals surface area contributed by atoms with Crippen LogP contribution in [0.5, 0.6) is 0 Å². The first kappa shape index (κ1) is 23.2. The van der Waals surface area contributed by atoms with Crippen LogP contribution in [0, 0.1) is 13.8 Å². The van der Waals surface area contributed by atoms with E-state index >= 15 is 0 Å². The summed E-state index contributed by atoms with van der Waals surface area (Å²) in [5.41, 5.74) is 3.33. The van der Waals surface area contributed by atoms with Crippen molar-refractivity contribution in [1.82, 2.24) is 0 Å². The number of anilines is 1. The number of halogens is 1. The standard InChI is InChI=1S/C22H36N2O.BrH/c1-5-7-15-24(16-8-6-2)17-10-9-14-20(24)22(25)23-21-18(3)12-11-13-19(21)4;/h11-13,20H,5-10,14-17H2,1-4H3;1H. The molecule has 1 aromatic rings. The molecular weight excluding hydrogens is 388 g/mol. The van der Waals surface area contributed by atoms with Gasteiger partial charge in [-0.2, -0.15) is 0 Å². The van der Waals surface area contributed by atoms with E-state index in [2.05, 4.69) is 51.2 Å². The maximum atomic E-state index is 13.3. The highest BCUT2D eigenvalue weighted by Crippen LogP contribution is 2.30. The van der Waals surface area contributed by atoms with Crippen molar-refractivity contribution in [3.63, 3.8) is 0 Å². The summed E-state index contributed by atoms with van der Waals surface area (Å²) >= 11 is 0. The minimum absolute atomic E-state index is 0. The summed E-state index contributed by atoms with van der Waals surface area (Å²) < 4.78 is 1.01. The van der Waals surface area contributed by atoms with E-state index in [-0.39, 0.29) is 28.9 Å². The van der Waals surface area contributed by atoms with Crippen molar-refractivity contribution in [3.05, 3.63) is 29.3 Å². The van der Waals surface area contributed by atoms with Gasteiger partial charge < -0.3 is 26.8 Å². The van der Waals surface area contributed by atoms with Crippen molar-refractivity contribution in [2.45, 2.75) is 78.7 Å². The van der Waals surface area contributed by atoms with Gasteiger partial charge in [-0.15, -0.1) is 0 Å². The molecule has 1 aliphatic rings. The van der Waals surface area contributed by atoms with E-state index in [1.807, 2.05) is 0 Å². The van der Waals surface area contributed by atoms with Crippen LogP contribution >= 0.6 is 0 Å². The highest BCUT2D eigenvalue weighted by atomic mass is 79.9. The predicted octanol–water partition coefficient (Wildman–Crippen LogP) is 2.22. The number of unbranched alkanes of at least 4 members (excludes halogenated alkanes) is 2. The van der Waals surface area contributed by atoms with Gasteiger partial charge >= 0.3 is 0 Å². The first-order chi connectivity index (χ1) is 12.0. The van der Waals surface area contributed by atoms with E-state index in [1.165, 1.54) is 45.1 Å². The van der Waals surface area contributed by atoms with Gasteiger partial charge in [0.15, 0.2) is 6.04 Å². The molecule has 4 heteroatoms. The van der Waals surface area contributed by atoms with Crippen LogP contribution in [0.3, 0.4) is 0 Å². The van der Waals surface area contributed by atoms with Gasteiger partial charge in [0.2, 0.25) is 0 Å². The third-order valence-electron chi connectivity index (χ3n) is 5.94. The maximum absolute atomic E-state index is 13.3. The van der Waals surface area contributed by atoms with E-state index in [9.17, 15) is 4.79 Å². The third-order valence-corrected chi connectivity index (χ3v) is 5.94. The Morgan fingerprint density at radius 2 is 1.65 bits per heavy atom. The molecule has 1 saturated heterocycles. The monoisotopic (exact) mass is 424 g/mol. The molecule has 1 aromatic carbocycles. The fourth-order valence-corrected chi connectivity index (χ4v) is 4.39. The van der Waals surface area contributed by atoms with Gasteiger partial charge in [-0.05, 0) is 50.7 Å². The molecule has 3 nitrogen and oxygen atoms in total. The second-order valence-corrected chi connectivity index (χ2v) is 7.86. The minimum Gasteiger partial charge on any atom is -1.00 e. The highest BCUT2D eigenvalue weighted by molar-refractivity contribution is 5.95. The number of carbonyl (C=O) groups is 1. The fraction of sp³-hybridized carbons (Fsp3) is 0.682. The van der Waals surface area contributed by atoms with E-state index in [0.29, 0.717) is 0 Å². The number of hydrogen-bond donors (Lipinski definition) is 1. The van der Waals surface area contributed by atoms with Crippen molar-refractivity contribution in [1.29, 1.82) is 0 Å². The normalized spacial score (nSPS) is 18.8. The summed E-state index contributed by atoms with van der Waals surface area (Å²) in [5.74, 6) is 0.240. The van der Waals surface area contributed by atoms with Crippen molar-refractivity contribution in [2.24, 2.45) is 0 Å². The Hall–Kier alpha value is -0.870. The second kappa shape index (κ2) is 11.1. The summed E-state index contributed by atoms with van der Waals surface area (Å²) in [6.45, 7) is 12.2. The van der Waals surface area contributed by atoms with Crippen LogP contribution in [0.2, 0.25) is 0 Å². The summed E-state index contributed by atoms with van der Waals surface area (Å²) in [5, 5.41) is 3.30. The lowest BCUT2D eigenvalue weighted by molar-refractivity contribution is -0.947. The van der Waals surface area contributed by atoms with Crippen LogP contribution < -0.4 is 22.3 Å². The van der Waals surface area contributed by atoms with Crippen molar-refractivity contribution in [3.8, 4) is 0 Å². The van der Waals surface area contributed by atoms with Crippen LogP contribution in [0.1, 0.15) is 69.9 Å². The number of benzene rings is 1. The Morgan fingerprint density at radius 1 is 1.08 bits per heavy atom. The molecule has 0 spiro atoms. The first-order valence-electron chi connectivity index (χ1n) is 10.3. The highest BCUT2D eigenvalue weighted by Gasteiger charge is 2.43. The largest absolute Gasteiger partial charge is 1.00 e. The average Bonchev–Trinajstić information content (AvgIpc) is 2.61. The molecule has 1 heterocycles. The van der Waals surface area contributed by atoms with Gasteiger partial charge in [-0.25, -0.2) is 0 Å². The maximum Gasteiger partial charge on any atom is 0.282 e. The molecule has 1 atom stereocenters. The smallest absolute Gasteiger partial charge is 0.282 e. The molecule has 0 aliphatic carbocycles. The molecule has 0 saturated carbocycles. The van der Waals surface area contributed by atoms with Crippen LogP contribution in [-0.2, 0) is 4.79 Å². The van der Waals surface area contributed by atoms with E-state index < -0.39 is 0 Å². The van der Waals surface area contributed by atoms with E-state index in [0.717, 1.165) is 40.8 Å². The third kappa shape index (κ3) is 5.56. The summed E-state index contributed by atoms with van der Waals surface area (Å²) in [7, 11) is 0. The van der Waals surface area contributed by atoms with Gasteiger partial charge in [-0.1, -0.05) is 44.9 Å². The van der Waals surface area contributed by atoms with Crippen LogP contribution in [0.15, 0.2) is 18.2 Å². The molecule has 1 fully saturated rings. The van der Waals surface area contributed by atoms with Gasteiger partial charge in [-0.3, -0.25) is 4.79 Å². The molecule has 2 rings (SSSR count). The van der Waals surface area contributed by atoms with Gasteiger partial charge in [0.1, 0.15) is 0 Å². The van der Waals surface area contributed by atoms with Crippen LogP contribution in [-0.4, -0.2) is 36.1 Å². The number of para-hydroxylation sites is 1. The number of nitrogens with zero attached hydrogens (tertiary/aromatic N) is 1. The zero-order valence-electron chi connectivity index (χ0n) is 17.1. The first-order valence-corrected chi connectivity index (χ1v) is 10.3. The second-order valence-electron chi connectivity index (χ2n) is 7.86. The molecule has 0 radical (unpaired) electrons. The van der Waals surface area contributed by atoms with Crippen LogP contribution in [0.4, 0.5) is 5.69 Å². The minimum atomic E-state index is 0. The van der Waals surface area contributed by atoms with Crippen molar-refractivity contribution >= 4 is 11.6 Å². The number of amides is 1. The SMILES string of the molecule is CCCC[N+]1(CCCC)CCCCC1C(=O)Nc1c(C)cccc1C.[Br-]. The lowest BCUT2D eigenvalue weighted by atomic mass is 9.95. The quantitative estimate of drug-likeness (QED) is 0.636. The Morgan fingerprint density at radius 3 is 2.19 bits per heavy atom. The Bertz CT molecular complexity index is 545. The molecule has 0 aromatic heterocycles. The zero-order chi connectivity index (χ0) is 18.3. The predicted molar refractivity (Wildman–Crippen MR) is 107 cm³/mol. The Labute approximate surface area is 170 Å².